The van der Waals surface area contributed by atoms with Crippen LogP contribution < -0.4 is 0 Å². The van der Waals surface area contributed by atoms with Crippen LogP contribution >= 0.6 is 0 Å². The van der Waals surface area contributed by atoms with Crippen molar-refractivity contribution >= 4 is 0 Å². The van der Waals surface area contributed by atoms with Crippen molar-refractivity contribution in [2.45, 2.75) is 52.4 Å². The summed E-state index contributed by atoms with van der Waals surface area (Å²) < 4.78 is 10.4. The SMILES string of the molecule is CCCC/C=C\C=C\CCCCOCOCC. The molecule has 17 heavy (non-hydrogen) atoms. The predicted octanol–water partition coefficient (Wildman–Crippen LogP) is 4.47. The Morgan fingerprint density at radius 3 is 2.18 bits per heavy atom. The Morgan fingerprint density at radius 2 is 1.53 bits per heavy atom. The van der Waals surface area contributed by atoms with Gasteiger partial charge in [-0.1, -0.05) is 44.1 Å². The third kappa shape index (κ3) is 15.4. The molecule has 2 heteroatoms. The largest absolute Gasteiger partial charge is 0.356 e. The van der Waals surface area contributed by atoms with Gasteiger partial charge in [-0.2, -0.15) is 0 Å². The fraction of sp³-hybridized carbons (Fsp3) is 0.733. The summed E-state index contributed by atoms with van der Waals surface area (Å²) >= 11 is 0. The number of ether oxygens (including phenoxy) is 2. The second-order valence-electron chi connectivity index (χ2n) is 4.01. The maximum Gasteiger partial charge on any atom is 0.146 e. The van der Waals surface area contributed by atoms with Crippen molar-refractivity contribution in [3.63, 3.8) is 0 Å². The minimum absolute atomic E-state index is 0.437. The van der Waals surface area contributed by atoms with E-state index in [0.29, 0.717) is 6.79 Å². The summed E-state index contributed by atoms with van der Waals surface area (Å²) in [5.74, 6) is 0. The summed E-state index contributed by atoms with van der Waals surface area (Å²) in [5, 5.41) is 0. The first-order valence-corrected chi connectivity index (χ1v) is 6.89. The van der Waals surface area contributed by atoms with E-state index in [2.05, 4.69) is 31.2 Å². The van der Waals surface area contributed by atoms with Gasteiger partial charge < -0.3 is 9.47 Å². The average Bonchev–Trinajstić information content (AvgIpc) is 2.35. The normalized spacial score (nSPS) is 11.9. The number of rotatable bonds is 12. The summed E-state index contributed by atoms with van der Waals surface area (Å²) in [6.45, 7) is 6.17. The van der Waals surface area contributed by atoms with Gasteiger partial charge in [-0.25, -0.2) is 0 Å². The van der Waals surface area contributed by atoms with Crippen LogP contribution in [0, 0.1) is 0 Å². The second kappa shape index (κ2) is 15.4. The molecule has 0 N–H and O–H groups in total. The summed E-state index contributed by atoms with van der Waals surface area (Å²) in [4.78, 5) is 0. The van der Waals surface area contributed by atoms with Gasteiger partial charge in [0.15, 0.2) is 0 Å². The van der Waals surface area contributed by atoms with Crippen LogP contribution in [-0.2, 0) is 9.47 Å². The minimum atomic E-state index is 0.437. The molecule has 0 fully saturated rings. The summed E-state index contributed by atoms with van der Waals surface area (Å²) in [6.07, 6.45) is 16.0. The molecule has 0 aliphatic rings. The molecule has 0 spiro atoms. The zero-order valence-electron chi connectivity index (χ0n) is 11.5. The van der Waals surface area contributed by atoms with Crippen LogP contribution in [-0.4, -0.2) is 20.0 Å². The Balaban J connectivity index is 3.11. The van der Waals surface area contributed by atoms with Gasteiger partial charge in [0, 0.05) is 13.2 Å². The van der Waals surface area contributed by atoms with Crippen LogP contribution in [0.2, 0.25) is 0 Å². The molecular formula is C15H28O2. The zero-order valence-corrected chi connectivity index (χ0v) is 11.5. The molecule has 0 aromatic rings. The van der Waals surface area contributed by atoms with Gasteiger partial charge in [0.2, 0.25) is 0 Å². The third-order valence-electron chi connectivity index (χ3n) is 2.39. The molecule has 0 bridgehead atoms. The van der Waals surface area contributed by atoms with Gasteiger partial charge in [0.05, 0.1) is 0 Å². The van der Waals surface area contributed by atoms with Crippen LogP contribution in [0.15, 0.2) is 24.3 Å². The monoisotopic (exact) mass is 240 g/mol. The Labute approximate surface area is 107 Å². The van der Waals surface area contributed by atoms with E-state index in [1.165, 1.54) is 25.7 Å². The highest BCUT2D eigenvalue weighted by molar-refractivity contribution is 5.02. The van der Waals surface area contributed by atoms with E-state index in [9.17, 15) is 0 Å². The fourth-order valence-corrected chi connectivity index (χ4v) is 1.34. The van der Waals surface area contributed by atoms with Crippen molar-refractivity contribution in [2.24, 2.45) is 0 Å². The van der Waals surface area contributed by atoms with E-state index >= 15 is 0 Å². The van der Waals surface area contributed by atoms with Crippen LogP contribution in [0.25, 0.3) is 0 Å². The Hall–Kier alpha value is -0.600. The highest BCUT2D eigenvalue weighted by Crippen LogP contribution is 1.99. The number of hydrogen-bond acceptors (Lipinski definition) is 2. The molecular weight excluding hydrogens is 212 g/mol. The molecule has 0 saturated heterocycles. The molecule has 0 atom stereocenters. The maximum atomic E-state index is 5.29. The third-order valence-corrected chi connectivity index (χ3v) is 2.39. The minimum Gasteiger partial charge on any atom is -0.356 e. The Kier molecular flexibility index (Phi) is 14.9. The topological polar surface area (TPSA) is 18.5 Å². The summed E-state index contributed by atoms with van der Waals surface area (Å²) in [7, 11) is 0. The van der Waals surface area contributed by atoms with Crippen molar-refractivity contribution in [3.05, 3.63) is 24.3 Å². The lowest BCUT2D eigenvalue weighted by molar-refractivity contribution is -0.0500. The molecule has 0 unspecified atom stereocenters. The van der Waals surface area contributed by atoms with Gasteiger partial charge in [-0.3, -0.25) is 0 Å². The lowest BCUT2D eigenvalue weighted by Gasteiger charge is -2.02. The van der Waals surface area contributed by atoms with Crippen molar-refractivity contribution in [2.75, 3.05) is 20.0 Å². The van der Waals surface area contributed by atoms with Crippen molar-refractivity contribution in [1.29, 1.82) is 0 Å². The average molecular weight is 240 g/mol. The molecule has 0 amide bonds. The fourth-order valence-electron chi connectivity index (χ4n) is 1.34. The van der Waals surface area contributed by atoms with Gasteiger partial charge >= 0.3 is 0 Å². The smallest absolute Gasteiger partial charge is 0.146 e. The first-order chi connectivity index (χ1) is 8.41. The highest BCUT2D eigenvalue weighted by atomic mass is 16.7. The van der Waals surface area contributed by atoms with Crippen LogP contribution in [0.1, 0.15) is 52.4 Å². The number of unbranched alkanes of at least 4 members (excludes halogenated alkanes) is 4. The quantitative estimate of drug-likeness (QED) is 0.285. The lowest BCUT2D eigenvalue weighted by atomic mass is 10.2. The van der Waals surface area contributed by atoms with E-state index in [4.69, 9.17) is 9.47 Å². The Morgan fingerprint density at radius 1 is 0.824 bits per heavy atom. The molecule has 0 heterocycles. The van der Waals surface area contributed by atoms with Gasteiger partial charge in [0.25, 0.3) is 0 Å². The molecule has 100 valence electrons. The molecule has 2 nitrogen and oxygen atoms in total. The maximum absolute atomic E-state index is 5.29. The lowest BCUT2D eigenvalue weighted by Crippen LogP contribution is -2.00. The van der Waals surface area contributed by atoms with Crippen LogP contribution in [0.3, 0.4) is 0 Å². The summed E-state index contributed by atoms with van der Waals surface area (Å²) in [6, 6.07) is 0. The van der Waals surface area contributed by atoms with Gasteiger partial charge in [-0.05, 0) is 32.6 Å². The molecule has 0 aromatic carbocycles. The van der Waals surface area contributed by atoms with E-state index in [1.54, 1.807) is 0 Å². The molecule has 0 aliphatic carbocycles. The summed E-state index contributed by atoms with van der Waals surface area (Å²) in [5.41, 5.74) is 0. The molecule has 0 aliphatic heterocycles. The van der Waals surface area contributed by atoms with Crippen LogP contribution in [0.5, 0.6) is 0 Å². The predicted molar refractivity (Wildman–Crippen MR) is 74.1 cm³/mol. The van der Waals surface area contributed by atoms with Crippen molar-refractivity contribution < 1.29 is 9.47 Å². The van der Waals surface area contributed by atoms with E-state index in [0.717, 1.165) is 26.1 Å². The zero-order chi connectivity index (χ0) is 12.6. The second-order valence-corrected chi connectivity index (χ2v) is 4.01. The van der Waals surface area contributed by atoms with Crippen molar-refractivity contribution in [3.8, 4) is 0 Å². The van der Waals surface area contributed by atoms with E-state index in [1.807, 2.05) is 6.92 Å². The van der Waals surface area contributed by atoms with E-state index in [-0.39, 0.29) is 0 Å². The molecule has 0 radical (unpaired) electrons. The van der Waals surface area contributed by atoms with Crippen LogP contribution in [0.4, 0.5) is 0 Å². The van der Waals surface area contributed by atoms with E-state index < -0.39 is 0 Å². The number of allylic oxidation sites excluding steroid dienone is 4. The van der Waals surface area contributed by atoms with Gasteiger partial charge in [-0.15, -0.1) is 0 Å². The molecule has 0 saturated carbocycles. The first kappa shape index (κ1) is 16.4. The molecule has 0 aromatic heterocycles. The van der Waals surface area contributed by atoms with Crippen molar-refractivity contribution in [1.82, 2.24) is 0 Å². The number of hydrogen-bond donors (Lipinski definition) is 0. The molecule has 0 rings (SSSR count). The van der Waals surface area contributed by atoms with Gasteiger partial charge in [0.1, 0.15) is 6.79 Å². The standard InChI is InChI=1S/C15H28O2/c1-3-5-6-7-8-9-10-11-12-13-14-17-15-16-4-2/h7-10H,3-6,11-15H2,1-2H3/b8-7-,10-9+. The highest BCUT2D eigenvalue weighted by Gasteiger charge is 1.87. The Bertz CT molecular complexity index is 185. The first-order valence-electron chi connectivity index (χ1n) is 6.89.